The average Bonchev–Trinajstić information content (AvgIpc) is 2.39. The van der Waals surface area contributed by atoms with E-state index in [-0.39, 0.29) is 17.3 Å². The molecule has 0 fully saturated rings. The molecule has 0 aromatic heterocycles. The Hall–Kier alpha value is -1.91. The SMILES string of the molecule is CCC(C)N(CC)c1c(F)cc(C=CC(=O)O)cc1F. The Morgan fingerprint density at radius 1 is 1.35 bits per heavy atom. The first-order valence-electron chi connectivity index (χ1n) is 6.57. The molecule has 5 heteroatoms. The van der Waals surface area contributed by atoms with Crippen LogP contribution in [0.4, 0.5) is 14.5 Å². The van der Waals surface area contributed by atoms with Crippen molar-refractivity contribution in [2.45, 2.75) is 33.2 Å². The van der Waals surface area contributed by atoms with Gasteiger partial charge in [0.15, 0.2) is 0 Å². The van der Waals surface area contributed by atoms with Gasteiger partial charge in [-0.25, -0.2) is 13.6 Å². The number of aliphatic carboxylic acids is 1. The first-order valence-corrected chi connectivity index (χ1v) is 6.57. The summed E-state index contributed by atoms with van der Waals surface area (Å²) >= 11 is 0. The van der Waals surface area contributed by atoms with Crippen LogP contribution < -0.4 is 4.90 Å². The van der Waals surface area contributed by atoms with Crippen molar-refractivity contribution in [1.29, 1.82) is 0 Å². The summed E-state index contributed by atoms with van der Waals surface area (Å²) in [6, 6.07) is 2.30. The molecule has 110 valence electrons. The van der Waals surface area contributed by atoms with E-state index in [4.69, 9.17) is 5.11 Å². The van der Waals surface area contributed by atoms with Crippen molar-refractivity contribution < 1.29 is 18.7 Å². The Balaban J connectivity index is 3.20. The summed E-state index contributed by atoms with van der Waals surface area (Å²) in [5.41, 5.74) is 0.126. The third-order valence-electron chi connectivity index (χ3n) is 3.21. The second-order valence-electron chi connectivity index (χ2n) is 4.55. The largest absolute Gasteiger partial charge is 0.478 e. The molecule has 0 aliphatic carbocycles. The molecule has 1 aromatic carbocycles. The molecule has 1 N–H and O–H groups in total. The van der Waals surface area contributed by atoms with Gasteiger partial charge in [0.1, 0.15) is 17.3 Å². The highest BCUT2D eigenvalue weighted by molar-refractivity contribution is 5.85. The smallest absolute Gasteiger partial charge is 0.328 e. The Kier molecular flexibility index (Phi) is 5.67. The van der Waals surface area contributed by atoms with Crippen LogP contribution in [0.5, 0.6) is 0 Å². The van der Waals surface area contributed by atoms with Crippen molar-refractivity contribution in [2.75, 3.05) is 11.4 Å². The molecule has 0 aliphatic heterocycles. The van der Waals surface area contributed by atoms with Gasteiger partial charge in [-0.05, 0) is 44.0 Å². The van der Waals surface area contributed by atoms with Crippen molar-refractivity contribution in [3.8, 4) is 0 Å². The van der Waals surface area contributed by atoms with Gasteiger partial charge in [0.2, 0.25) is 0 Å². The molecule has 0 saturated heterocycles. The molecule has 0 bridgehead atoms. The fourth-order valence-corrected chi connectivity index (χ4v) is 2.03. The summed E-state index contributed by atoms with van der Waals surface area (Å²) in [6.07, 6.45) is 2.78. The third kappa shape index (κ3) is 3.79. The second kappa shape index (κ2) is 7.03. The quantitative estimate of drug-likeness (QED) is 0.809. The van der Waals surface area contributed by atoms with E-state index in [1.54, 1.807) is 4.90 Å². The van der Waals surface area contributed by atoms with Crippen LogP contribution in [0.25, 0.3) is 6.08 Å². The van der Waals surface area contributed by atoms with E-state index in [0.717, 1.165) is 30.7 Å². The van der Waals surface area contributed by atoms with Gasteiger partial charge in [-0.15, -0.1) is 0 Å². The number of carbonyl (C=O) groups is 1. The lowest BCUT2D eigenvalue weighted by molar-refractivity contribution is -0.131. The topological polar surface area (TPSA) is 40.5 Å². The maximum Gasteiger partial charge on any atom is 0.328 e. The minimum atomic E-state index is -1.16. The molecular formula is C15H19F2NO2. The van der Waals surface area contributed by atoms with E-state index in [2.05, 4.69) is 0 Å². The van der Waals surface area contributed by atoms with E-state index in [1.807, 2.05) is 20.8 Å². The predicted octanol–water partition coefficient (Wildman–Crippen LogP) is 3.69. The van der Waals surface area contributed by atoms with Crippen LogP contribution >= 0.6 is 0 Å². The molecule has 0 radical (unpaired) electrons. The van der Waals surface area contributed by atoms with Crippen LogP contribution in [0.3, 0.4) is 0 Å². The van der Waals surface area contributed by atoms with Crippen molar-refractivity contribution in [3.63, 3.8) is 0 Å². The van der Waals surface area contributed by atoms with Gasteiger partial charge in [-0.1, -0.05) is 6.92 Å². The highest BCUT2D eigenvalue weighted by Crippen LogP contribution is 2.27. The number of hydrogen-bond acceptors (Lipinski definition) is 2. The Morgan fingerprint density at radius 2 is 1.90 bits per heavy atom. The number of halogens is 2. The molecule has 20 heavy (non-hydrogen) atoms. The summed E-state index contributed by atoms with van der Waals surface area (Å²) < 4.78 is 28.2. The summed E-state index contributed by atoms with van der Waals surface area (Å²) in [7, 11) is 0. The number of hydrogen-bond donors (Lipinski definition) is 1. The second-order valence-corrected chi connectivity index (χ2v) is 4.55. The van der Waals surface area contributed by atoms with E-state index in [0.29, 0.717) is 6.54 Å². The monoisotopic (exact) mass is 283 g/mol. The number of carboxylic acids is 1. The molecule has 0 aliphatic rings. The van der Waals surface area contributed by atoms with E-state index in [9.17, 15) is 13.6 Å². The number of rotatable bonds is 6. The van der Waals surface area contributed by atoms with Gasteiger partial charge in [-0.2, -0.15) is 0 Å². The van der Waals surface area contributed by atoms with Gasteiger partial charge in [-0.3, -0.25) is 0 Å². The van der Waals surface area contributed by atoms with E-state index < -0.39 is 17.6 Å². The summed E-state index contributed by atoms with van der Waals surface area (Å²) in [4.78, 5) is 12.1. The summed E-state index contributed by atoms with van der Waals surface area (Å²) in [5.74, 6) is -2.53. The first kappa shape index (κ1) is 16.1. The molecule has 1 unspecified atom stereocenters. The Morgan fingerprint density at radius 3 is 2.30 bits per heavy atom. The van der Waals surface area contributed by atoms with E-state index in [1.165, 1.54) is 0 Å². The van der Waals surface area contributed by atoms with Crippen molar-refractivity contribution in [3.05, 3.63) is 35.4 Å². The summed E-state index contributed by atoms with van der Waals surface area (Å²) in [6.45, 7) is 6.18. The van der Waals surface area contributed by atoms with Crippen molar-refractivity contribution >= 4 is 17.7 Å². The standard InChI is InChI=1S/C15H19F2NO2/c1-4-10(3)18(5-2)15-12(16)8-11(9-13(15)17)6-7-14(19)20/h6-10H,4-5H2,1-3H3,(H,19,20). The normalized spacial score (nSPS) is 12.7. The molecule has 1 aromatic rings. The molecule has 3 nitrogen and oxygen atoms in total. The van der Waals surface area contributed by atoms with Crippen LogP contribution in [0.15, 0.2) is 18.2 Å². The van der Waals surface area contributed by atoms with Gasteiger partial charge >= 0.3 is 5.97 Å². The van der Waals surface area contributed by atoms with Gasteiger partial charge in [0.05, 0.1) is 0 Å². The molecule has 1 atom stereocenters. The third-order valence-corrected chi connectivity index (χ3v) is 3.21. The van der Waals surface area contributed by atoms with Crippen molar-refractivity contribution in [2.24, 2.45) is 0 Å². The van der Waals surface area contributed by atoms with Crippen LogP contribution in [-0.2, 0) is 4.79 Å². The van der Waals surface area contributed by atoms with Crippen LogP contribution in [0.2, 0.25) is 0 Å². The van der Waals surface area contributed by atoms with E-state index >= 15 is 0 Å². The number of benzene rings is 1. The molecule has 0 saturated carbocycles. The minimum Gasteiger partial charge on any atom is -0.478 e. The molecule has 1 rings (SSSR count). The predicted molar refractivity (Wildman–Crippen MR) is 75.8 cm³/mol. The maximum atomic E-state index is 14.1. The van der Waals surface area contributed by atoms with Crippen molar-refractivity contribution in [1.82, 2.24) is 0 Å². The lowest BCUT2D eigenvalue weighted by Crippen LogP contribution is -2.33. The first-order chi connectivity index (χ1) is 9.40. The zero-order valence-corrected chi connectivity index (χ0v) is 11.9. The molecule has 0 heterocycles. The van der Waals surface area contributed by atoms with Crippen LogP contribution in [-0.4, -0.2) is 23.7 Å². The zero-order valence-electron chi connectivity index (χ0n) is 11.9. The fraction of sp³-hybridized carbons (Fsp3) is 0.400. The number of carboxylic acid groups (broad SMARTS) is 1. The number of nitrogens with zero attached hydrogens (tertiary/aromatic N) is 1. The van der Waals surface area contributed by atoms with Gasteiger partial charge in [0.25, 0.3) is 0 Å². The zero-order chi connectivity index (χ0) is 15.3. The Labute approximate surface area is 117 Å². The average molecular weight is 283 g/mol. The molecular weight excluding hydrogens is 264 g/mol. The lowest BCUT2D eigenvalue weighted by Gasteiger charge is -2.30. The van der Waals surface area contributed by atoms with Crippen LogP contribution in [0, 0.1) is 11.6 Å². The van der Waals surface area contributed by atoms with Crippen LogP contribution in [0.1, 0.15) is 32.8 Å². The van der Waals surface area contributed by atoms with Gasteiger partial charge < -0.3 is 10.0 Å². The number of anilines is 1. The molecule has 0 spiro atoms. The highest BCUT2D eigenvalue weighted by Gasteiger charge is 2.20. The highest BCUT2D eigenvalue weighted by atomic mass is 19.1. The fourth-order valence-electron chi connectivity index (χ4n) is 2.03. The maximum absolute atomic E-state index is 14.1. The molecule has 0 amide bonds. The summed E-state index contributed by atoms with van der Waals surface area (Å²) in [5, 5.41) is 8.52. The van der Waals surface area contributed by atoms with Gasteiger partial charge in [0, 0.05) is 18.7 Å². The minimum absolute atomic E-state index is 0.0180. The lowest BCUT2D eigenvalue weighted by atomic mass is 10.1. The Bertz CT molecular complexity index is 492.